The molecule has 2 N–H and O–H groups in total. The van der Waals surface area contributed by atoms with Gasteiger partial charge in [-0.25, -0.2) is 0 Å². The first kappa shape index (κ1) is 14.5. The van der Waals surface area contributed by atoms with E-state index < -0.39 is 5.97 Å². The molecule has 4 heteroatoms. The third kappa shape index (κ3) is 3.19. The lowest BCUT2D eigenvalue weighted by Gasteiger charge is -2.33. The Hall–Kier alpha value is -0.610. The predicted molar refractivity (Wildman–Crippen MR) is 64.7 cm³/mol. The van der Waals surface area contributed by atoms with Gasteiger partial charge in [-0.2, -0.15) is 0 Å². The fourth-order valence-electron chi connectivity index (χ4n) is 2.53. The van der Waals surface area contributed by atoms with Crippen molar-refractivity contribution in [3.63, 3.8) is 0 Å². The van der Waals surface area contributed by atoms with Gasteiger partial charge in [-0.3, -0.25) is 4.79 Å². The second-order valence-electron chi connectivity index (χ2n) is 6.21. The van der Waals surface area contributed by atoms with E-state index in [4.69, 9.17) is 9.84 Å². The molecule has 1 saturated carbocycles. The average molecular weight is 244 g/mol. The van der Waals surface area contributed by atoms with E-state index in [1.165, 1.54) is 0 Å². The van der Waals surface area contributed by atoms with E-state index in [2.05, 4.69) is 20.8 Å². The van der Waals surface area contributed by atoms with Gasteiger partial charge in [0.2, 0.25) is 0 Å². The van der Waals surface area contributed by atoms with Gasteiger partial charge in [0.1, 0.15) is 0 Å². The maximum Gasteiger partial charge on any atom is 0.305 e. The maximum atomic E-state index is 10.5. The summed E-state index contributed by atoms with van der Waals surface area (Å²) in [5, 5.41) is 17.9. The van der Waals surface area contributed by atoms with E-state index in [1.54, 1.807) is 6.92 Å². The van der Waals surface area contributed by atoms with E-state index >= 15 is 0 Å². The van der Waals surface area contributed by atoms with Crippen LogP contribution in [-0.2, 0) is 9.53 Å². The zero-order valence-corrected chi connectivity index (χ0v) is 11.2. The molecular weight excluding hydrogens is 220 g/mol. The average Bonchev–Trinajstić information content (AvgIpc) is 2.88. The zero-order chi connectivity index (χ0) is 13.3. The lowest BCUT2D eigenvalue weighted by atomic mass is 9.76. The highest BCUT2D eigenvalue weighted by Gasteiger charge is 2.60. The summed E-state index contributed by atoms with van der Waals surface area (Å²) in [7, 11) is 0. The monoisotopic (exact) mass is 244 g/mol. The highest BCUT2D eigenvalue weighted by atomic mass is 16.5. The third-order valence-corrected chi connectivity index (χ3v) is 4.03. The topological polar surface area (TPSA) is 66.8 Å². The summed E-state index contributed by atoms with van der Waals surface area (Å²) in [6.45, 7) is 8.95. The first-order valence-corrected chi connectivity index (χ1v) is 6.17. The van der Waals surface area contributed by atoms with Crippen LogP contribution in [0.4, 0.5) is 0 Å². The summed E-state index contributed by atoms with van der Waals surface area (Å²) >= 11 is 0. The summed E-state index contributed by atoms with van der Waals surface area (Å²) in [6.07, 6.45) is 0.725. The van der Waals surface area contributed by atoms with E-state index in [0.717, 1.165) is 6.42 Å². The molecule has 0 radical (unpaired) electrons. The van der Waals surface area contributed by atoms with Crippen molar-refractivity contribution in [2.45, 2.75) is 46.6 Å². The number of ether oxygens (including phenoxy) is 1. The standard InChI is InChI=1S/C13H24O4/c1-9(5-11(15)16)17-8-13(12(2,3)4)6-10(13)7-14/h9-10,14H,5-8H2,1-4H3,(H,15,16)/t9-,10+,13-/m0/s1. The molecule has 100 valence electrons. The fourth-order valence-corrected chi connectivity index (χ4v) is 2.53. The number of aliphatic hydroxyl groups excluding tert-OH is 1. The molecule has 4 nitrogen and oxygen atoms in total. The first-order chi connectivity index (χ1) is 7.73. The fraction of sp³-hybridized carbons (Fsp3) is 0.923. The van der Waals surface area contributed by atoms with Crippen molar-refractivity contribution < 1.29 is 19.7 Å². The minimum absolute atomic E-state index is 0.00845. The van der Waals surface area contributed by atoms with Gasteiger partial charge in [0, 0.05) is 12.0 Å². The second kappa shape index (κ2) is 4.94. The number of hydrogen-bond acceptors (Lipinski definition) is 3. The predicted octanol–water partition coefficient (Wildman–Crippen LogP) is 1.91. The van der Waals surface area contributed by atoms with Gasteiger partial charge >= 0.3 is 5.97 Å². The minimum atomic E-state index is -0.836. The van der Waals surface area contributed by atoms with E-state index in [9.17, 15) is 9.90 Å². The normalized spacial score (nSPS) is 30.1. The van der Waals surface area contributed by atoms with Crippen LogP contribution < -0.4 is 0 Å². The number of aliphatic carboxylic acids is 1. The van der Waals surface area contributed by atoms with Crippen molar-refractivity contribution in [2.24, 2.45) is 16.7 Å². The Morgan fingerprint density at radius 3 is 2.47 bits per heavy atom. The van der Waals surface area contributed by atoms with Crippen molar-refractivity contribution in [1.29, 1.82) is 0 Å². The van der Waals surface area contributed by atoms with Gasteiger partial charge in [-0.15, -0.1) is 0 Å². The molecule has 1 aliphatic carbocycles. The number of carboxylic acids is 1. The molecule has 0 aromatic heterocycles. The summed E-state index contributed by atoms with van der Waals surface area (Å²) in [5.74, 6) is -0.545. The molecule has 1 fully saturated rings. The van der Waals surface area contributed by atoms with Crippen molar-refractivity contribution in [1.82, 2.24) is 0 Å². The number of hydrogen-bond donors (Lipinski definition) is 2. The molecule has 3 atom stereocenters. The zero-order valence-electron chi connectivity index (χ0n) is 11.2. The van der Waals surface area contributed by atoms with Gasteiger partial charge in [-0.1, -0.05) is 20.8 Å². The molecule has 0 spiro atoms. The summed E-state index contributed by atoms with van der Waals surface area (Å²) in [6, 6.07) is 0. The van der Waals surface area contributed by atoms with Gasteiger partial charge in [0.05, 0.1) is 19.1 Å². The highest BCUT2D eigenvalue weighted by molar-refractivity contribution is 5.67. The van der Waals surface area contributed by atoms with Crippen molar-refractivity contribution >= 4 is 5.97 Å². The van der Waals surface area contributed by atoms with E-state index in [0.29, 0.717) is 12.5 Å². The van der Waals surface area contributed by atoms with Gasteiger partial charge in [0.15, 0.2) is 0 Å². The molecule has 0 heterocycles. The molecular formula is C13H24O4. The summed E-state index contributed by atoms with van der Waals surface area (Å²) < 4.78 is 5.65. The third-order valence-electron chi connectivity index (χ3n) is 4.03. The number of carboxylic acid groups (broad SMARTS) is 1. The van der Waals surface area contributed by atoms with Gasteiger partial charge in [0.25, 0.3) is 0 Å². The molecule has 0 amide bonds. The second-order valence-corrected chi connectivity index (χ2v) is 6.21. The first-order valence-electron chi connectivity index (χ1n) is 6.17. The molecule has 0 aromatic carbocycles. The molecule has 1 aliphatic rings. The van der Waals surface area contributed by atoms with E-state index in [-0.39, 0.29) is 30.0 Å². The van der Waals surface area contributed by atoms with Crippen LogP contribution in [-0.4, -0.2) is 35.5 Å². The Balaban J connectivity index is 2.51. The quantitative estimate of drug-likeness (QED) is 0.749. The van der Waals surface area contributed by atoms with Crippen LogP contribution in [0.3, 0.4) is 0 Å². The Morgan fingerprint density at radius 1 is 1.53 bits per heavy atom. The highest BCUT2D eigenvalue weighted by Crippen LogP contribution is 2.63. The smallest absolute Gasteiger partial charge is 0.305 e. The van der Waals surface area contributed by atoms with Crippen molar-refractivity contribution in [3.05, 3.63) is 0 Å². The minimum Gasteiger partial charge on any atom is -0.481 e. The molecule has 1 rings (SSSR count). The number of carbonyl (C=O) groups is 1. The number of aliphatic hydroxyl groups is 1. The van der Waals surface area contributed by atoms with E-state index in [1.807, 2.05) is 0 Å². The summed E-state index contributed by atoms with van der Waals surface area (Å²) in [4.78, 5) is 10.5. The molecule has 0 aromatic rings. The molecule has 0 bridgehead atoms. The SMILES string of the molecule is C[C@@H](CC(=O)O)OC[C@@]1(C(C)(C)C)C[C@@H]1CO. The molecule has 17 heavy (non-hydrogen) atoms. The van der Waals surface area contributed by atoms with Gasteiger partial charge < -0.3 is 14.9 Å². The Bertz CT molecular complexity index is 282. The van der Waals surface area contributed by atoms with Crippen LogP contribution in [0.25, 0.3) is 0 Å². The molecule has 0 aliphatic heterocycles. The van der Waals surface area contributed by atoms with Crippen LogP contribution in [0, 0.1) is 16.7 Å². The Labute approximate surface area is 103 Å². The molecule has 0 unspecified atom stereocenters. The molecule has 0 saturated heterocycles. The maximum absolute atomic E-state index is 10.5. The Kier molecular flexibility index (Phi) is 4.20. The van der Waals surface area contributed by atoms with Crippen LogP contribution in [0.15, 0.2) is 0 Å². The van der Waals surface area contributed by atoms with Crippen molar-refractivity contribution in [2.75, 3.05) is 13.2 Å². The van der Waals surface area contributed by atoms with Crippen LogP contribution in [0.5, 0.6) is 0 Å². The largest absolute Gasteiger partial charge is 0.481 e. The van der Waals surface area contributed by atoms with Crippen LogP contribution in [0.2, 0.25) is 0 Å². The van der Waals surface area contributed by atoms with Gasteiger partial charge in [-0.05, 0) is 24.7 Å². The lowest BCUT2D eigenvalue weighted by Crippen LogP contribution is -2.32. The number of rotatable bonds is 6. The van der Waals surface area contributed by atoms with Crippen LogP contribution >= 0.6 is 0 Å². The van der Waals surface area contributed by atoms with Crippen LogP contribution in [0.1, 0.15) is 40.5 Å². The summed E-state index contributed by atoms with van der Waals surface area (Å²) in [5.41, 5.74) is 0.0812. The van der Waals surface area contributed by atoms with Crippen molar-refractivity contribution in [3.8, 4) is 0 Å². The lowest BCUT2D eigenvalue weighted by molar-refractivity contribution is -0.140. The Morgan fingerprint density at radius 2 is 2.12 bits per heavy atom.